The van der Waals surface area contributed by atoms with Crippen LogP contribution in [0.1, 0.15) is 80.4 Å². The fourth-order valence-electron chi connectivity index (χ4n) is 4.13. The van der Waals surface area contributed by atoms with Crippen molar-refractivity contribution in [2.24, 2.45) is 5.92 Å². The van der Waals surface area contributed by atoms with Crippen molar-refractivity contribution in [2.45, 2.75) is 65.3 Å². The molecule has 0 spiro atoms. The summed E-state index contributed by atoms with van der Waals surface area (Å²) < 4.78 is 6.00. The third kappa shape index (κ3) is 8.21. The van der Waals surface area contributed by atoms with Crippen LogP contribution in [0.25, 0.3) is 0 Å². The molecule has 1 aliphatic rings. The molecule has 0 radical (unpaired) electrons. The van der Waals surface area contributed by atoms with Crippen LogP contribution in [-0.4, -0.2) is 65.1 Å². The topological polar surface area (TPSA) is 116 Å². The number of aromatic amines is 1. The second-order valence-corrected chi connectivity index (χ2v) is 11.4. The molecular formula is C27H38ClN5O4. The highest BCUT2D eigenvalue weighted by molar-refractivity contribution is 6.31. The summed E-state index contributed by atoms with van der Waals surface area (Å²) >= 11 is 6.14. The van der Waals surface area contributed by atoms with E-state index in [4.69, 9.17) is 16.3 Å². The number of hydrogen-bond donors (Lipinski definition) is 3. The van der Waals surface area contributed by atoms with E-state index in [1.54, 1.807) is 24.3 Å². The highest BCUT2D eigenvalue weighted by Gasteiger charge is 2.26. The highest BCUT2D eigenvalue weighted by Crippen LogP contribution is 2.24. The van der Waals surface area contributed by atoms with Gasteiger partial charge in [-0.3, -0.25) is 19.5 Å². The lowest BCUT2D eigenvalue weighted by molar-refractivity contribution is -0.122. The van der Waals surface area contributed by atoms with Crippen molar-refractivity contribution in [3.8, 4) is 5.75 Å². The Bertz CT molecular complexity index is 1110. The number of fused-ring (bicyclic) bond motifs is 1. The summed E-state index contributed by atoms with van der Waals surface area (Å²) in [6.45, 7) is 11.1. The standard InChI is InChI=1S/C27H38ClN5O4/c1-17(2)12-19-16-37-22-9-8-18(28)13-20(22)25(35)29-10-6-7-11-33(15-24(34)30-19)26(36)21-14-23(32-31-21)27(3,4)5/h8-9,13-14,17,19H,6-7,10-12,15-16H2,1-5H3,(H,29,35)(H,30,34)(H,31,32)/t19-/m1/s1. The van der Waals surface area contributed by atoms with E-state index in [2.05, 4.69) is 34.7 Å². The molecule has 0 saturated carbocycles. The van der Waals surface area contributed by atoms with E-state index in [-0.39, 0.29) is 48.0 Å². The van der Waals surface area contributed by atoms with Crippen LogP contribution in [0.3, 0.4) is 0 Å². The number of ether oxygens (including phenoxy) is 1. The maximum Gasteiger partial charge on any atom is 0.274 e. The van der Waals surface area contributed by atoms with E-state index in [0.29, 0.717) is 54.6 Å². The SMILES string of the molecule is CC(C)C[C@@H]1COc2ccc(Cl)cc2C(=O)NCCCCN(C(=O)c2cc(C(C)(C)C)[nH]n2)CC(=O)N1. The van der Waals surface area contributed by atoms with Gasteiger partial charge in [0.2, 0.25) is 5.91 Å². The van der Waals surface area contributed by atoms with Crippen LogP contribution in [0.5, 0.6) is 5.75 Å². The van der Waals surface area contributed by atoms with Gasteiger partial charge < -0.3 is 20.3 Å². The zero-order valence-electron chi connectivity index (χ0n) is 22.3. The van der Waals surface area contributed by atoms with Gasteiger partial charge in [-0.15, -0.1) is 0 Å². The first-order valence-electron chi connectivity index (χ1n) is 12.8. The number of nitrogens with one attached hydrogen (secondary N) is 3. The molecule has 1 aliphatic heterocycles. The normalized spacial score (nSPS) is 18.2. The molecule has 2 aromatic rings. The number of nitrogens with zero attached hydrogens (tertiary/aromatic N) is 2. The monoisotopic (exact) mass is 531 g/mol. The first-order chi connectivity index (χ1) is 17.4. The molecule has 0 bridgehead atoms. The average Bonchev–Trinajstić information content (AvgIpc) is 3.31. The molecule has 0 unspecified atom stereocenters. The number of hydrogen-bond acceptors (Lipinski definition) is 5. The van der Waals surface area contributed by atoms with Crippen LogP contribution in [-0.2, 0) is 10.2 Å². The first kappa shape index (κ1) is 28.5. The molecule has 3 N–H and O–H groups in total. The van der Waals surface area contributed by atoms with Gasteiger partial charge in [0.1, 0.15) is 18.1 Å². The Morgan fingerprint density at radius 2 is 1.97 bits per heavy atom. The number of amides is 3. The number of benzene rings is 1. The van der Waals surface area contributed by atoms with Crippen LogP contribution in [0, 0.1) is 5.92 Å². The Morgan fingerprint density at radius 1 is 1.22 bits per heavy atom. The molecule has 37 heavy (non-hydrogen) atoms. The molecule has 3 amide bonds. The molecular weight excluding hydrogens is 494 g/mol. The van der Waals surface area contributed by atoms with Gasteiger partial charge in [0.05, 0.1) is 18.2 Å². The van der Waals surface area contributed by atoms with Gasteiger partial charge in [-0.2, -0.15) is 5.10 Å². The number of aromatic nitrogens is 2. The van der Waals surface area contributed by atoms with Gasteiger partial charge >= 0.3 is 0 Å². The molecule has 0 saturated heterocycles. The fraction of sp³-hybridized carbons (Fsp3) is 0.556. The van der Waals surface area contributed by atoms with Crippen molar-refractivity contribution >= 4 is 29.3 Å². The predicted molar refractivity (Wildman–Crippen MR) is 143 cm³/mol. The van der Waals surface area contributed by atoms with Crippen LogP contribution >= 0.6 is 11.6 Å². The van der Waals surface area contributed by atoms with E-state index in [9.17, 15) is 14.4 Å². The predicted octanol–water partition coefficient (Wildman–Crippen LogP) is 3.94. The van der Waals surface area contributed by atoms with Crippen molar-refractivity contribution in [2.75, 3.05) is 26.2 Å². The van der Waals surface area contributed by atoms with E-state index in [0.717, 1.165) is 5.69 Å². The molecule has 0 fully saturated rings. The summed E-state index contributed by atoms with van der Waals surface area (Å²) in [4.78, 5) is 40.8. The Labute approximate surface area is 223 Å². The molecule has 1 aromatic heterocycles. The van der Waals surface area contributed by atoms with E-state index in [1.807, 2.05) is 20.8 Å². The van der Waals surface area contributed by atoms with Crippen molar-refractivity contribution in [1.29, 1.82) is 0 Å². The van der Waals surface area contributed by atoms with Crippen LogP contribution < -0.4 is 15.4 Å². The minimum Gasteiger partial charge on any atom is -0.491 e. The van der Waals surface area contributed by atoms with E-state index < -0.39 is 0 Å². The summed E-state index contributed by atoms with van der Waals surface area (Å²) in [5.74, 6) is -0.161. The van der Waals surface area contributed by atoms with Gasteiger partial charge in [0.25, 0.3) is 11.8 Å². The third-order valence-electron chi connectivity index (χ3n) is 6.11. The van der Waals surface area contributed by atoms with Crippen LogP contribution in [0.15, 0.2) is 24.3 Å². The molecule has 202 valence electrons. The number of H-pyrrole nitrogens is 1. The van der Waals surface area contributed by atoms with E-state index >= 15 is 0 Å². The molecule has 10 heteroatoms. The minimum atomic E-state index is -0.311. The summed E-state index contributed by atoms with van der Waals surface area (Å²) in [7, 11) is 0. The Kier molecular flexibility index (Phi) is 9.59. The highest BCUT2D eigenvalue weighted by atomic mass is 35.5. The zero-order valence-corrected chi connectivity index (χ0v) is 23.1. The maximum absolute atomic E-state index is 13.3. The Morgan fingerprint density at radius 3 is 2.65 bits per heavy atom. The maximum atomic E-state index is 13.3. The van der Waals surface area contributed by atoms with Crippen molar-refractivity contribution in [3.63, 3.8) is 0 Å². The molecule has 1 aromatic carbocycles. The molecule has 1 atom stereocenters. The second kappa shape index (κ2) is 12.4. The van der Waals surface area contributed by atoms with Crippen LogP contribution in [0.4, 0.5) is 0 Å². The Balaban J connectivity index is 1.82. The van der Waals surface area contributed by atoms with Gasteiger partial charge in [-0.25, -0.2) is 0 Å². The fourth-order valence-corrected chi connectivity index (χ4v) is 4.31. The number of carbonyl (C=O) groups is 3. The summed E-state index contributed by atoms with van der Waals surface area (Å²) in [5, 5.41) is 13.5. The zero-order chi connectivity index (χ0) is 27.2. The quantitative estimate of drug-likeness (QED) is 0.554. The van der Waals surface area contributed by atoms with Crippen LogP contribution in [0.2, 0.25) is 5.02 Å². The first-order valence-corrected chi connectivity index (χ1v) is 13.2. The van der Waals surface area contributed by atoms with Gasteiger partial charge in [-0.1, -0.05) is 46.2 Å². The van der Waals surface area contributed by atoms with Crippen molar-refractivity contribution < 1.29 is 19.1 Å². The van der Waals surface area contributed by atoms with Crippen molar-refractivity contribution in [3.05, 3.63) is 46.2 Å². The lowest BCUT2D eigenvalue weighted by Crippen LogP contribution is -2.46. The summed E-state index contributed by atoms with van der Waals surface area (Å²) in [6, 6.07) is 6.35. The number of halogens is 1. The minimum absolute atomic E-state index is 0.0936. The summed E-state index contributed by atoms with van der Waals surface area (Å²) in [6.07, 6.45) is 1.89. The molecule has 0 aliphatic carbocycles. The number of carbonyl (C=O) groups excluding carboxylic acids is 3. The largest absolute Gasteiger partial charge is 0.491 e. The van der Waals surface area contributed by atoms with Gasteiger partial charge in [0.15, 0.2) is 0 Å². The number of rotatable bonds is 3. The Hall–Kier alpha value is -3.07. The average molecular weight is 532 g/mol. The lowest BCUT2D eigenvalue weighted by Gasteiger charge is -2.25. The molecule has 3 rings (SSSR count). The smallest absolute Gasteiger partial charge is 0.274 e. The van der Waals surface area contributed by atoms with Gasteiger partial charge in [0, 0.05) is 29.2 Å². The van der Waals surface area contributed by atoms with E-state index in [1.165, 1.54) is 4.90 Å². The molecule has 2 heterocycles. The second-order valence-electron chi connectivity index (χ2n) is 11.0. The molecule has 9 nitrogen and oxygen atoms in total. The lowest BCUT2D eigenvalue weighted by atomic mass is 9.92. The van der Waals surface area contributed by atoms with Crippen molar-refractivity contribution in [1.82, 2.24) is 25.7 Å². The summed E-state index contributed by atoms with van der Waals surface area (Å²) in [5.41, 5.74) is 1.28. The van der Waals surface area contributed by atoms with Gasteiger partial charge in [-0.05, 0) is 49.4 Å². The third-order valence-corrected chi connectivity index (χ3v) is 6.35.